The average Bonchev–Trinajstić information content (AvgIpc) is 3.27. The van der Waals surface area contributed by atoms with Gasteiger partial charge in [-0.05, 0) is 70.5 Å². The predicted molar refractivity (Wildman–Crippen MR) is 88.1 cm³/mol. The Hall–Kier alpha value is -0.590. The van der Waals surface area contributed by atoms with Crippen molar-refractivity contribution in [2.75, 3.05) is 19.6 Å². The van der Waals surface area contributed by atoms with E-state index in [1.54, 1.807) is 0 Å². The highest BCUT2D eigenvalue weighted by atomic mass is 15.2. The highest BCUT2D eigenvalue weighted by Gasteiger charge is 2.42. The van der Waals surface area contributed by atoms with Gasteiger partial charge < -0.3 is 4.90 Å². The van der Waals surface area contributed by atoms with Gasteiger partial charge in [0, 0.05) is 6.04 Å². The van der Waals surface area contributed by atoms with Gasteiger partial charge in [-0.25, -0.2) is 0 Å². The minimum absolute atomic E-state index is 0.226. The molecule has 1 N–H and O–H groups in total. The molecule has 0 aromatic heterocycles. The molecule has 2 unspecified atom stereocenters. The Morgan fingerprint density at radius 1 is 1.19 bits per heavy atom. The summed E-state index contributed by atoms with van der Waals surface area (Å²) in [5.41, 5.74) is -0.226. The third-order valence-electron chi connectivity index (χ3n) is 5.34. The Kier molecular flexibility index (Phi) is 6.51. The quantitative estimate of drug-likeness (QED) is 0.667. The molecular formula is C18H33N3. The molecule has 0 aromatic carbocycles. The number of nitriles is 1. The van der Waals surface area contributed by atoms with Crippen LogP contribution in [0.15, 0.2) is 0 Å². The Bertz CT molecular complexity index is 345. The van der Waals surface area contributed by atoms with Crippen LogP contribution in [-0.4, -0.2) is 36.1 Å². The van der Waals surface area contributed by atoms with E-state index in [1.165, 1.54) is 58.0 Å². The maximum atomic E-state index is 9.72. The summed E-state index contributed by atoms with van der Waals surface area (Å²) in [4.78, 5) is 2.70. The summed E-state index contributed by atoms with van der Waals surface area (Å²) in [6.45, 7) is 7.90. The molecule has 0 aromatic rings. The zero-order valence-electron chi connectivity index (χ0n) is 14.0. The van der Waals surface area contributed by atoms with Crippen LogP contribution in [0.25, 0.3) is 0 Å². The summed E-state index contributed by atoms with van der Waals surface area (Å²) in [6, 6.07) is 3.50. The van der Waals surface area contributed by atoms with Crippen molar-refractivity contribution in [3.63, 3.8) is 0 Å². The number of unbranched alkanes of at least 4 members (excludes halogenated alkanes) is 1. The molecule has 3 nitrogen and oxygen atoms in total. The van der Waals surface area contributed by atoms with E-state index in [9.17, 15) is 5.26 Å². The first-order valence-corrected chi connectivity index (χ1v) is 9.16. The second-order valence-electron chi connectivity index (χ2n) is 7.01. The number of hydrogen-bond acceptors (Lipinski definition) is 3. The Morgan fingerprint density at radius 2 is 2.00 bits per heavy atom. The van der Waals surface area contributed by atoms with Crippen molar-refractivity contribution in [1.82, 2.24) is 10.2 Å². The van der Waals surface area contributed by atoms with E-state index in [-0.39, 0.29) is 5.54 Å². The molecule has 21 heavy (non-hydrogen) atoms. The van der Waals surface area contributed by atoms with Gasteiger partial charge in [0.1, 0.15) is 5.54 Å². The van der Waals surface area contributed by atoms with Crippen LogP contribution in [0.2, 0.25) is 0 Å². The lowest BCUT2D eigenvalue weighted by atomic mass is 9.85. The zero-order chi connectivity index (χ0) is 15.1. The third-order valence-corrected chi connectivity index (χ3v) is 5.34. The van der Waals surface area contributed by atoms with Crippen LogP contribution in [0.4, 0.5) is 0 Å². The average molecular weight is 291 g/mol. The fraction of sp³-hybridized carbons (Fsp3) is 0.944. The minimum atomic E-state index is -0.226. The molecule has 0 saturated heterocycles. The van der Waals surface area contributed by atoms with Gasteiger partial charge in [-0.15, -0.1) is 0 Å². The molecule has 2 aliphatic rings. The van der Waals surface area contributed by atoms with Gasteiger partial charge >= 0.3 is 0 Å². The fourth-order valence-electron chi connectivity index (χ4n) is 3.84. The molecule has 0 heterocycles. The molecule has 0 spiro atoms. The molecule has 3 heteroatoms. The second kappa shape index (κ2) is 8.15. The lowest BCUT2D eigenvalue weighted by molar-refractivity contribution is 0.213. The van der Waals surface area contributed by atoms with Crippen LogP contribution < -0.4 is 5.32 Å². The van der Waals surface area contributed by atoms with Crippen LogP contribution in [0.3, 0.4) is 0 Å². The highest BCUT2D eigenvalue weighted by molar-refractivity contribution is 5.14. The third kappa shape index (κ3) is 4.44. The predicted octanol–water partition coefficient (Wildman–Crippen LogP) is 3.70. The summed E-state index contributed by atoms with van der Waals surface area (Å²) < 4.78 is 0. The summed E-state index contributed by atoms with van der Waals surface area (Å²) in [7, 11) is 0. The number of rotatable bonds is 10. The summed E-state index contributed by atoms with van der Waals surface area (Å²) >= 11 is 0. The molecule has 0 bridgehead atoms. The van der Waals surface area contributed by atoms with Crippen molar-refractivity contribution >= 4 is 0 Å². The maximum absolute atomic E-state index is 9.72. The molecule has 0 amide bonds. The van der Waals surface area contributed by atoms with Crippen molar-refractivity contribution in [3.8, 4) is 6.07 Å². The highest BCUT2D eigenvalue weighted by Crippen LogP contribution is 2.38. The Morgan fingerprint density at radius 3 is 2.62 bits per heavy atom. The molecule has 2 fully saturated rings. The van der Waals surface area contributed by atoms with Crippen molar-refractivity contribution < 1.29 is 0 Å². The number of hydrogen-bond donors (Lipinski definition) is 1. The van der Waals surface area contributed by atoms with Crippen molar-refractivity contribution in [1.29, 1.82) is 5.26 Å². The van der Waals surface area contributed by atoms with Crippen LogP contribution in [0.5, 0.6) is 0 Å². The molecule has 0 aliphatic heterocycles. The minimum Gasteiger partial charge on any atom is -0.300 e. The SMILES string of the molecule is CCCCN(CCC1CCCC1(C#N)NCCC)C1CC1. The normalized spacial score (nSPS) is 29.0. The van der Waals surface area contributed by atoms with E-state index >= 15 is 0 Å². The van der Waals surface area contributed by atoms with Crippen molar-refractivity contribution in [2.45, 2.75) is 83.2 Å². The van der Waals surface area contributed by atoms with Gasteiger partial charge in [-0.3, -0.25) is 5.32 Å². The van der Waals surface area contributed by atoms with Gasteiger partial charge in [0.25, 0.3) is 0 Å². The maximum Gasteiger partial charge on any atom is 0.109 e. The monoisotopic (exact) mass is 291 g/mol. The first-order chi connectivity index (χ1) is 10.3. The molecule has 2 aliphatic carbocycles. The number of nitrogens with zero attached hydrogens (tertiary/aromatic N) is 2. The van der Waals surface area contributed by atoms with Crippen molar-refractivity contribution in [3.05, 3.63) is 0 Å². The van der Waals surface area contributed by atoms with Gasteiger partial charge in [-0.1, -0.05) is 26.7 Å². The van der Waals surface area contributed by atoms with E-state index in [2.05, 4.69) is 30.1 Å². The first-order valence-electron chi connectivity index (χ1n) is 9.16. The summed E-state index contributed by atoms with van der Waals surface area (Å²) in [5.74, 6) is 0.553. The van der Waals surface area contributed by atoms with Gasteiger partial charge in [0.2, 0.25) is 0 Å². The number of nitrogens with one attached hydrogen (secondary N) is 1. The van der Waals surface area contributed by atoms with Crippen LogP contribution in [0, 0.1) is 17.2 Å². The summed E-state index contributed by atoms with van der Waals surface area (Å²) in [5, 5.41) is 13.3. The largest absolute Gasteiger partial charge is 0.300 e. The van der Waals surface area contributed by atoms with E-state index < -0.39 is 0 Å². The molecule has 2 rings (SSSR count). The molecular weight excluding hydrogens is 258 g/mol. The molecule has 2 atom stereocenters. The van der Waals surface area contributed by atoms with E-state index in [4.69, 9.17) is 0 Å². The Labute approximate surface area is 131 Å². The molecule has 0 radical (unpaired) electrons. The smallest absolute Gasteiger partial charge is 0.109 e. The Balaban J connectivity index is 1.86. The molecule has 2 saturated carbocycles. The van der Waals surface area contributed by atoms with Gasteiger partial charge in [-0.2, -0.15) is 5.26 Å². The van der Waals surface area contributed by atoms with E-state index in [0.717, 1.165) is 25.4 Å². The van der Waals surface area contributed by atoms with Gasteiger partial charge in [0.05, 0.1) is 6.07 Å². The second-order valence-corrected chi connectivity index (χ2v) is 7.01. The van der Waals surface area contributed by atoms with Gasteiger partial charge in [0.15, 0.2) is 0 Å². The standard InChI is InChI=1S/C18H33N3/c1-3-5-13-21(17-8-9-17)14-10-16-7-6-11-18(16,15-19)20-12-4-2/h16-17,20H,3-14H2,1-2H3. The summed E-state index contributed by atoms with van der Waals surface area (Å²) in [6.07, 6.45) is 11.2. The fourth-order valence-corrected chi connectivity index (χ4v) is 3.84. The van der Waals surface area contributed by atoms with Crippen LogP contribution >= 0.6 is 0 Å². The first kappa shape index (κ1) is 16.8. The lowest BCUT2D eigenvalue weighted by Crippen LogP contribution is -2.48. The lowest BCUT2D eigenvalue weighted by Gasteiger charge is -2.32. The van der Waals surface area contributed by atoms with Crippen LogP contribution in [0.1, 0.15) is 71.6 Å². The molecule has 120 valence electrons. The van der Waals surface area contributed by atoms with E-state index in [1.807, 2.05) is 0 Å². The van der Waals surface area contributed by atoms with Crippen molar-refractivity contribution in [2.24, 2.45) is 5.92 Å². The van der Waals surface area contributed by atoms with E-state index in [0.29, 0.717) is 5.92 Å². The topological polar surface area (TPSA) is 39.1 Å². The van der Waals surface area contributed by atoms with Crippen LogP contribution in [-0.2, 0) is 0 Å². The zero-order valence-corrected chi connectivity index (χ0v) is 14.0.